The third-order valence-electron chi connectivity index (χ3n) is 2.84. The first kappa shape index (κ1) is 14.0. The van der Waals surface area contributed by atoms with Gasteiger partial charge >= 0.3 is 0 Å². The zero-order valence-electron chi connectivity index (χ0n) is 10.7. The Balaban J connectivity index is 3.15. The smallest absolute Gasteiger partial charge is 0.0272 e. The normalized spacial score (nSPS) is 11.6. The molecule has 0 atom stereocenters. The second kappa shape index (κ2) is 9.55. The summed E-state index contributed by atoms with van der Waals surface area (Å²) in [7, 11) is 0. The highest BCUT2D eigenvalue weighted by atomic mass is 14.1. The van der Waals surface area contributed by atoms with Crippen LogP contribution in [0.5, 0.6) is 0 Å². The molecule has 0 N–H and O–H groups in total. The van der Waals surface area contributed by atoms with Crippen LogP contribution in [0, 0.1) is 11.8 Å². The van der Waals surface area contributed by atoms with E-state index in [9.17, 15) is 0 Å². The van der Waals surface area contributed by atoms with Crippen molar-refractivity contribution in [2.24, 2.45) is 5.92 Å². The predicted octanol–water partition coefficient (Wildman–Crippen LogP) is 5.38. The van der Waals surface area contributed by atoms with E-state index in [1.165, 1.54) is 51.4 Å². The van der Waals surface area contributed by atoms with Crippen molar-refractivity contribution in [3.63, 3.8) is 0 Å². The van der Waals surface area contributed by atoms with Gasteiger partial charge in [-0.15, -0.1) is 0 Å². The summed E-state index contributed by atoms with van der Waals surface area (Å²) < 4.78 is 0. The van der Waals surface area contributed by atoms with Crippen LogP contribution in [0.15, 0.2) is 0 Å². The minimum Gasteiger partial charge on any atom is -0.0654 e. The summed E-state index contributed by atoms with van der Waals surface area (Å²) in [5.74, 6) is 2.60. The Morgan fingerprint density at radius 1 is 0.929 bits per heavy atom. The molecule has 0 heteroatoms. The lowest BCUT2D eigenvalue weighted by atomic mass is 9.95. The minimum absolute atomic E-state index is 0.878. The van der Waals surface area contributed by atoms with Gasteiger partial charge in [-0.2, -0.15) is 0 Å². The van der Waals surface area contributed by atoms with Gasteiger partial charge in [0.25, 0.3) is 0 Å². The molecule has 0 aromatic rings. The SMILES string of the molecule is CCCCCC[C](C)CCCC(C)C. The summed E-state index contributed by atoms with van der Waals surface area (Å²) in [4.78, 5) is 0. The van der Waals surface area contributed by atoms with Crippen molar-refractivity contribution < 1.29 is 0 Å². The molecule has 0 unspecified atom stereocenters. The molecule has 0 aliphatic heterocycles. The molecule has 0 bridgehead atoms. The lowest BCUT2D eigenvalue weighted by molar-refractivity contribution is 0.526. The largest absolute Gasteiger partial charge is 0.0654 e. The monoisotopic (exact) mass is 197 g/mol. The molecule has 0 saturated heterocycles. The van der Waals surface area contributed by atoms with Gasteiger partial charge in [0.1, 0.15) is 0 Å². The Morgan fingerprint density at radius 3 is 2.14 bits per heavy atom. The van der Waals surface area contributed by atoms with E-state index in [1.54, 1.807) is 5.92 Å². The van der Waals surface area contributed by atoms with Crippen molar-refractivity contribution in [3.05, 3.63) is 5.92 Å². The van der Waals surface area contributed by atoms with E-state index < -0.39 is 0 Å². The zero-order chi connectivity index (χ0) is 10.8. The van der Waals surface area contributed by atoms with Gasteiger partial charge in [0.2, 0.25) is 0 Å². The van der Waals surface area contributed by atoms with Gasteiger partial charge in [0, 0.05) is 0 Å². The number of rotatable bonds is 9. The second-order valence-corrected chi connectivity index (χ2v) is 5.05. The third-order valence-corrected chi connectivity index (χ3v) is 2.84. The Kier molecular flexibility index (Phi) is 9.55. The first-order chi connectivity index (χ1) is 6.66. The number of unbranched alkanes of at least 4 members (excludes halogenated alkanes) is 3. The van der Waals surface area contributed by atoms with Gasteiger partial charge in [0.15, 0.2) is 0 Å². The molecule has 0 aromatic heterocycles. The van der Waals surface area contributed by atoms with Crippen LogP contribution in [0.4, 0.5) is 0 Å². The molecule has 0 saturated carbocycles. The molecule has 14 heavy (non-hydrogen) atoms. The van der Waals surface area contributed by atoms with Crippen LogP contribution in [0.1, 0.15) is 79.1 Å². The molecule has 1 radical (unpaired) electrons. The molecule has 0 rings (SSSR count). The fourth-order valence-corrected chi connectivity index (χ4v) is 1.79. The zero-order valence-corrected chi connectivity index (χ0v) is 10.7. The van der Waals surface area contributed by atoms with Crippen molar-refractivity contribution in [1.82, 2.24) is 0 Å². The fraction of sp³-hybridized carbons (Fsp3) is 0.929. The van der Waals surface area contributed by atoms with E-state index in [0.29, 0.717) is 0 Å². The molecular weight excluding hydrogens is 168 g/mol. The van der Waals surface area contributed by atoms with Crippen molar-refractivity contribution in [2.45, 2.75) is 79.1 Å². The van der Waals surface area contributed by atoms with E-state index in [0.717, 1.165) is 5.92 Å². The lowest BCUT2D eigenvalue weighted by Gasteiger charge is -2.11. The maximum Gasteiger partial charge on any atom is -0.0272 e. The first-order valence-electron chi connectivity index (χ1n) is 6.48. The maximum atomic E-state index is 2.34. The Labute approximate surface area is 91.5 Å². The Bertz CT molecular complexity index is 105. The number of hydrogen-bond donors (Lipinski definition) is 0. The standard InChI is InChI=1S/C14H29/c1-5-6-7-8-11-14(4)12-9-10-13(2)3/h13H,5-12H2,1-4H3. The molecule has 0 heterocycles. The van der Waals surface area contributed by atoms with E-state index in [-0.39, 0.29) is 0 Å². The van der Waals surface area contributed by atoms with Gasteiger partial charge in [0.05, 0.1) is 0 Å². The highest BCUT2D eigenvalue weighted by molar-refractivity contribution is 4.83. The Hall–Kier alpha value is 0. The topological polar surface area (TPSA) is 0 Å². The molecule has 0 aliphatic rings. The highest BCUT2D eigenvalue weighted by Crippen LogP contribution is 2.19. The van der Waals surface area contributed by atoms with Gasteiger partial charge < -0.3 is 0 Å². The van der Waals surface area contributed by atoms with E-state index >= 15 is 0 Å². The lowest BCUT2D eigenvalue weighted by Crippen LogP contribution is -1.94. The molecule has 0 fully saturated rings. The summed E-state index contributed by atoms with van der Waals surface area (Å²) in [5.41, 5.74) is 0. The average Bonchev–Trinajstić information content (AvgIpc) is 2.12. The van der Waals surface area contributed by atoms with Crippen LogP contribution in [0.2, 0.25) is 0 Å². The third kappa shape index (κ3) is 10.1. The van der Waals surface area contributed by atoms with Crippen LogP contribution in [0.3, 0.4) is 0 Å². The first-order valence-corrected chi connectivity index (χ1v) is 6.48. The van der Waals surface area contributed by atoms with Gasteiger partial charge in [-0.05, 0) is 24.7 Å². The second-order valence-electron chi connectivity index (χ2n) is 5.05. The summed E-state index contributed by atoms with van der Waals surface area (Å²) in [6, 6.07) is 0. The molecule has 85 valence electrons. The van der Waals surface area contributed by atoms with Gasteiger partial charge in [-0.1, -0.05) is 66.2 Å². The van der Waals surface area contributed by atoms with Crippen LogP contribution < -0.4 is 0 Å². The van der Waals surface area contributed by atoms with E-state index in [1.807, 2.05) is 0 Å². The van der Waals surface area contributed by atoms with Crippen molar-refractivity contribution in [1.29, 1.82) is 0 Å². The van der Waals surface area contributed by atoms with Crippen molar-refractivity contribution >= 4 is 0 Å². The quantitative estimate of drug-likeness (QED) is 0.435. The van der Waals surface area contributed by atoms with Crippen LogP contribution >= 0.6 is 0 Å². The van der Waals surface area contributed by atoms with Gasteiger partial charge in [-0.25, -0.2) is 0 Å². The van der Waals surface area contributed by atoms with E-state index in [4.69, 9.17) is 0 Å². The average molecular weight is 197 g/mol. The van der Waals surface area contributed by atoms with Crippen LogP contribution in [-0.4, -0.2) is 0 Å². The summed E-state index contributed by atoms with van der Waals surface area (Å²) in [5, 5.41) is 0. The molecule has 0 aromatic carbocycles. The highest BCUT2D eigenvalue weighted by Gasteiger charge is 2.03. The molecule has 0 spiro atoms. The van der Waals surface area contributed by atoms with Gasteiger partial charge in [-0.3, -0.25) is 0 Å². The Morgan fingerprint density at radius 2 is 1.57 bits per heavy atom. The van der Waals surface area contributed by atoms with Crippen molar-refractivity contribution in [3.8, 4) is 0 Å². The van der Waals surface area contributed by atoms with Crippen LogP contribution in [0.25, 0.3) is 0 Å². The van der Waals surface area contributed by atoms with E-state index in [2.05, 4.69) is 27.7 Å². The molecular formula is C14H29. The summed E-state index contributed by atoms with van der Waals surface area (Å²) in [6.07, 6.45) is 11.1. The molecule has 0 amide bonds. The molecule has 0 aliphatic carbocycles. The predicted molar refractivity (Wildman–Crippen MR) is 66.4 cm³/mol. The summed E-state index contributed by atoms with van der Waals surface area (Å²) >= 11 is 0. The fourth-order valence-electron chi connectivity index (χ4n) is 1.79. The molecule has 0 nitrogen and oxygen atoms in total. The number of hydrogen-bond acceptors (Lipinski definition) is 0. The van der Waals surface area contributed by atoms with Crippen molar-refractivity contribution in [2.75, 3.05) is 0 Å². The summed E-state index contributed by atoms with van der Waals surface area (Å²) in [6.45, 7) is 9.25. The maximum absolute atomic E-state index is 2.34. The minimum atomic E-state index is 0.878. The van der Waals surface area contributed by atoms with Crippen LogP contribution in [-0.2, 0) is 0 Å².